The van der Waals surface area contributed by atoms with E-state index in [1.165, 1.54) is 12.1 Å². The minimum atomic E-state index is -0.486. The van der Waals surface area contributed by atoms with Gasteiger partial charge < -0.3 is 10.6 Å². The molecule has 2 rings (SSSR count). The van der Waals surface area contributed by atoms with Crippen molar-refractivity contribution < 1.29 is 9.72 Å². The summed E-state index contributed by atoms with van der Waals surface area (Å²) in [5, 5.41) is 16.2. The van der Waals surface area contributed by atoms with Crippen LogP contribution in [0.1, 0.15) is 0 Å². The van der Waals surface area contributed by atoms with E-state index in [1.54, 1.807) is 12.1 Å². The van der Waals surface area contributed by atoms with Gasteiger partial charge in [-0.3, -0.25) is 14.9 Å². The van der Waals surface area contributed by atoms with Crippen LogP contribution in [0.2, 0.25) is 0 Å². The quantitative estimate of drug-likeness (QED) is 0.582. The summed E-state index contributed by atoms with van der Waals surface area (Å²) in [5.41, 5.74) is 0.440. The zero-order chi connectivity index (χ0) is 11.5. The van der Waals surface area contributed by atoms with Gasteiger partial charge in [-0.05, 0) is 6.07 Å². The van der Waals surface area contributed by atoms with Crippen molar-refractivity contribution in [2.45, 2.75) is 0 Å². The number of hydrogen-bond donors (Lipinski definition) is 2. The number of nitro benzene ring substituents is 1. The maximum absolute atomic E-state index is 11.6. The zero-order valence-corrected chi connectivity index (χ0v) is 8.47. The van der Waals surface area contributed by atoms with Crippen molar-refractivity contribution in [2.75, 3.05) is 18.4 Å². The van der Waals surface area contributed by atoms with E-state index < -0.39 is 4.92 Å². The van der Waals surface area contributed by atoms with E-state index in [-0.39, 0.29) is 17.5 Å². The SMILES string of the molecule is O=C(Nc1cccc([N+](=O)[O-])c1)C1CNC1. The van der Waals surface area contributed by atoms with Crippen LogP contribution in [-0.4, -0.2) is 23.9 Å². The topological polar surface area (TPSA) is 84.3 Å². The molecule has 1 aromatic carbocycles. The second kappa shape index (κ2) is 4.28. The summed E-state index contributed by atoms with van der Waals surface area (Å²) in [6, 6.07) is 5.92. The Bertz CT molecular complexity index is 429. The Labute approximate surface area is 91.8 Å². The molecule has 0 spiro atoms. The lowest BCUT2D eigenvalue weighted by Crippen LogP contribution is -2.48. The molecule has 1 aliphatic heterocycles. The molecule has 1 heterocycles. The highest BCUT2D eigenvalue weighted by atomic mass is 16.6. The van der Waals surface area contributed by atoms with Gasteiger partial charge in [0, 0.05) is 30.9 Å². The molecule has 0 saturated carbocycles. The third kappa shape index (κ3) is 2.17. The Kier molecular flexibility index (Phi) is 2.82. The number of non-ortho nitro benzene ring substituents is 1. The van der Waals surface area contributed by atoms with Crippen LogP contribution in [0, 0.1) is 16.0 Å². The van der Waals surface area contributed by atoms with Gasteiger partial charge >= 0.3 is 0 Å². The van der Waals surface area contributed by atoms with Crippen molar-refractivity contribution in [3.63, 3.8) is 0 Å². The van der Waals surface area contributed by atoms with Crippen LogP contribution >= 0.6 is 0 Å². The van der Waals surface area contributed by atoms with Crippen molar-refractivity contribution in [1.29, 1.82) is 0 Å². The first-order valence-electron chi connectivity index (χ1n) is 4.93. The highest BCUT2D eigenvalue weighted by Crippen LogP contribution is 2.18. The van der Waals surface area contributed by atoms with Crippen LogP contribution in [0.5, 0.6) is 0 Å². The molecule has 6 heteroatoms. The normalized spacial score (nSPS) is 15.2. The minimum Gasteiger partial charge on any atom is -0.326 e. The third-order valence-corrected chi connectivity index (χ3v) is 2.48. The maximum Gasteiger partial charge on any atom is 0.271 e. The molecule has 6 nitrogen and oxygen atoms in total. The predicted molar refractivity (Wildman–Crippen MR) is 58.1 cm³/mol. The van der Waals surface area contributed by atoms with Gasteiger partial charge in [0.05, 0.1) is 10.8 Å². The van der Waals surface area contributed by atoms with E-state index in [1.807, 2.05) is 0 Å². The van der Waals surface area contributed by atoms with Crippen LogP contribution in [0.25, 0.3) is 0 Å². The molecule has 1 aliphatic rings. The van der Waals surface area contributed by atoms with Gasteiger partial charge in [0.2, 0.25) is 5.91 Å². The maximum atomic E-state index is 11.6. The highest BCUT2D eigenvalue weighted by molar-refractivity contribution is 5.93. The fourth-order valence-electron chi connectivity index (χ4n) is 1.42. The molecule has 2 N–H and O–H groups in total. The summed E-state index contributed by atoms with van der Waals surface area (Å²) < 4.78 is 0. The first-order valence-corrected chi connectivity index (χ1v) is 4.93. The van der Waals surface area contributed by atoms with E-state index in [0.29, 0.717) is 18.8 Å². The number of carbonyl (C=O) groups excluding carboxylic acids is 1. The monoisotopic (exact) mass is 221 g/mol. The molecule has 0 atom stereocenters. The number of nitro groups is 1. The standard InChI is InChI=1S/C10H11N3O3/c14-10(7-5-11-6-7)12-8-2-1-3-9(4-8)13(15)16/h1-4,7,11H,5-6H2,(H,12,14). The summed E-state index contributed by atoms with van der Waals surface area (Å²) in [4.78, 5) is 21.6. The number of carbonyl (C=O) groups is 1. The molecular weight excluding hydrogens is 210 g/mol. The van der Waals surface area contributed by atoms with E-state index in [2.05, 4.69) is 10.6 Å². The molecule has 84 valence electrons. The number of nitrogens with zero attached hydrogens (tertiary/aromatic N) is 1. The summed E-state index contributed by atoms with van der Waals surface area (Å²) in [7, 11) is 0. The van der Waals surface area contributed by atoms with E-state index in [4.69, 9.17) is 0 Å². The fourth-order valence-corrected chi connectivity index (χ4v) is 1.42. The van der Waals surface area contributed by atoms with Crippen molar-refractivity contribution in [2.24, 2.45) is 5.92 Å². The predicted octanol–water partition coefficient (Wildman–Crippen LogP) is 0.753. The smallest absolute Gasteiger partial charge is 0.271 e. The van der Waals surface area contributed by atoms with E-state index >= 15 is 0 Å². The number of amides is 1. The van der Waals surface area contributed by atoms with Crippen molar-refractivity contribution in [3.05, 3.63) is 34.4 Å². The average Bonchev–Trinajstić information content (AvgIpc) is 2.15. The number of hydrogen-bond acceptors (Lipinski definition) is 4. The van der Waals surface area contributed by atoms with E-state index in [9.17, 15) is 14.9 Å². The van der Waals surface area contributed by atoms with Gasteiger partial charge in [0.25, 0.3) is 5.69 Å². The minimum absolute atomic E-state index is 0.0236. The fraction of sp³-hybridized carbons (Fsp3) is 0.300. The number of benzene rings is 1. The van der Waals surface area contributed by atoms with Crippen LogP contribution in [0.3, 0.4) is 0 Å². The highest BCUT2D eigenvalue weighted by Gasteiger charge is 2.24. The first-order chi connectivity index (χ1) is 7.66. The van der Waals surface area contributed by atoms with Crippen LogP contribution in [-0.2, 0) is 4.79 Å². The van der Waals surface area contributed by atoms with Crippen LogP contribution < -0.4 is 10.6 Å². The molecular formula is C10H11N3O3. The average molecular weight is 221 g/mol. The second-order valence-corrected chi connectivity index (χ2v) is 3.65. The summed E-state index contributed by atoms with van der Waals surface area (Å²) >= 11 is 0. The molecule has 0 bridgehead atoms. The first kappa shape index (κ1) is 10.6. The third-order valence-electron chi connectivity index (χ3n) is 2.48. The van der Waals surface area contributed by atoms with Gasteiger partial charge in [-0.15, -0.1) is 0 Å². The van der Waals surface area contributed by atoms with Crippen molar-refractivity contribution in [3.8, 4) is 0 Å². The molecule has 0 radical (unpaired) electrons. The van der Waals surface area contributed by atoms with Gasteiger partial charge in [-0.1, -0.05) is 6.07 Å². The zero-order valence-electron chi connectivity index (χ0n) is 8.47. The lowest BCUT2D eigenvalue weighted by molar-refractivity contribution is -0.384. The molecule has 0 aromatic heterocycles. The van der Waals surface area contributed by atoms with E-state index in [0.717, 1.165) is 0 Å². The molecule has 1 fully saturated rings. The van der Waals surface area contributed by atoms with Gasteiger partial charge in [-0.25, -0.2) is 0 Å². The summed E-state index contributed by atoms with van der Waals surface area (Å²) in [6.45, 7) is 1.33. The van der Waals surface area contributed by atoms with Gasteiger partial charge in [0.1, 0.15) is 0 Å². The lowest BCUT2D eigenvalue weighted by Gasteiger charge is -2.25. The van der Waals surface area contributed by atoms with Crippen LogP contribution in [0.4, 0.5) is 11.4 Å². The Balaban J connectivity index is 2.05. The molecule has 0 aliphatic carbocycles. The largest absolute Gasteiger partial charge is 0.326 e. The Morgan fingerprint density at radius 3 is 2.81 bits per heavy atom. The molecule has 1 aromatic rings. The van der Waals surface area contributed by atoms with Gasteiger partial charge in [-0.2, -0.15) is 0 Å². The summed E-state index contributed by atoms with van der Waals surface area (Å²) in [5.74, 6) is -0.126. The Morgan fingerprint density at radius 1 is 1.50 bits per heavy atom. The summed E-state index contributed by atoms with van der Waals surface area (Å²) in [6.07, 6.45) is 0. The molecule has 0 unspecified atom stereocenters. The number of anilines is 1. The second-order valence-electron chi connectivity index (χ2n) is 3.65. The molecule has 1 saturated heterocycles. The number of rotatable bonds is 3. The Hall–Kier alpha value is -1.95. The number of nitrogens with one attached hydrogen (secondary N) is 2. The molecule has 1 amide bonds. The lowest BCUT2D eigenvalue weighted by atomic mass is 10.0. The van der Waals surface area contributed by atoms with Crippen molar-refractivity contribution in [1.82, 2.24) is 5.32 Å². The van der Waals surface area contributed by atoms with Crippen LogP contribution in [0.15, 0.2) is 24.3 Å². The molecule has 16 heavy (non-hydrogen) atoms. The van der Waals surface area contributed by atoms with Crippen molar-refractivity contribution >= 4 is 17.3 Å². The Morgan fingerprint density at radius 2 is 2.25 bits per heavy atom. The van der Waals surface area contributed by atoms with Gasteiger partial charge in [0.15, 0.2) is 0 Å².